The standard InChI is InChI=1S/C25H33OP/c1-16-8-10-19(4)23(13-16)27(26,24-14-17(2)9-11-20(24)5)25-15-18(3)12-21(6)22(25)7/h8,10,13-15,21H,9,11-12H2,1-7H3. The topological polar surface area (TPSA) is 17.1 Å². The third-order valence-corrected chi connectivity index (χ3v) is 9.76. The first kappa shape index (κ1) is 20.2. The summed E-state index contributed by atoms with van der Waals surface area (Å²) in [5.74, 6) is 0.443. The number of aryl methyl sites for hydroxylation is 2. The minimum atomic E-state index is -2.90. The summed E-state index contributed by atoms with van der Waals surface area (Å²) >= 11 is 0. The SMILES string of the molecule is CC1=CC(P(=O)(C2=C(C)C(C)CC(C)=C2)c2cc(C)ccc2C)=C(C)CC1. The van der Waals surface area contributed by atoms with Gasteiger partial charge in [0.1, 0.15) is 0 Å². The van der Waals surface area contributed by atoms with Crippen LogP contribution >= 0.6 is 7.14 Å². The van der Waals surface area contributed by atoms with Crippen molar-refractivity contribution in [3.05, 3.63) is 74.4 Å². The summed E-state index contributed by atoms with van der Waals surface area (Å²) < 4.78 is 15.2. The van der Waals surface area contributed by atoms with Crippen molar-refractivity contribution < 1.29 is 4.57 Å². The zero-order valence-electron chi connectivity index (χ0n) is 17.9. The Morgan fingerprint density at radius 1 is 0.889 bits per heavy atom. The molecule has 0 radical (unpaired) electrons. The molecule has 0 aromatic heterocycles. The molecule has 2 aliphatic rings. The number of rotatable bonds is 3. The molecule has 0 fully saturated rings. The second kappa shape index (κ2) is 7.44. The van der Waals surface area contributed by atoms with Gasteiger partial charge in [0.2, 0.25) is 0 Å². The van der Waals surface area contributed by atoms with Crippen molar-refractivity contribution in [3.63, 3.8) is 0 Å². The number of allylic oxidation sites excluding steroid dienone is 8. The van der Waals surface area contributed by atoms with Crippen molar-refractivity contribution in [3.8, 4) is 0 Å². The molecule has 0 saturated heterocycles. The number of hydrogen-bond donors (Lipinski definition) is 0. The van der Waals surface area contributed by atoms with Gasteiger partial charge in [0.25, 0.3) is 0 Å². The van der Waals surface area contributed by atoms with Crippen LogP contribution in [0, 0.1) is 19.8 Å². The highest BCUT2D eigenvalue weighted by atomic mass is 31.2. The molecule has 2 heteroatoms. The van der Waals surface area contributed by atoms with E-state index in [4.69, 9.17) is 0 Å². The molecule has 1 aromatic carbocycles. The Hall–Kier alpha value is -1.59. The van der Waals surface area contributed by atoms with Crippen LogP contribution < -0.4 is 5.30 Å². The van der Waals surface area contributed by atoms with Crippen LogP contribution in [0.3, 0.4) is 0 Å². The maximum Gasteiger partial charge on any atom is 0.171 e. The minimum Gasteiger partial charge on any atom is -0.309 e. The summed E-state index contributed by atoms with van der Waals surface area (Å²) in [6.07, 6.45) is 7.61. The van der Waals surface area contributed by atoms with E-state index in [9.17, 15) is 0 Å². The van der Waals surface area contributed by atoms with Crippen molar-refractivity contribution in [2.75, 3.05) is 0 Å². The van der Waals surface area contributed by atoms with E-state index in [1.54, 1.807) is 0 Å². The molecule has 3 rings (SSSR count). The summed E-state index contributed by atoms with van der Waals surface area (Å²) in [6, 6.07) is 6.42. The van der Waals surface area contributed by atoms with Gasteiger partial charge in [-0.15, -0.1) is 0 Å². The summed E-state index contributed by atoms with van der Waals surface area (Å²) in [4.78, 5) is 0. The van der Waals surface area contributed by atoms with E-state index in [1.807, 2.05) is 0 Å². The van der Waals surface area contributed by atoms with Gasteiger partial charge in [-0.3, -0.25) is 0 Å². The van der Waals surface area contributed by atoms with E-state index in [2.05, 4.69) is 78.8 Å². The van der Waals surface area contributed by atoms with Crippen LogP contribution in [0.4, 0.5) is 0 Å². The van der Waals surface area contributed by atoms with Crippen LogP contribution in [0.2, 0.25) is 0 Å². The highest BCUT2D eigenvalue weighted by molar-refractivity contribution is 7.80. The van der Waals surface area contributed by atoms with Gasteiger partial charge in [-0.25, -0.2) is 0 Å². The fourth-order valence-electron chi connectivity index (χ4n) is 4.38. The summed E-state index contributed by atoms with van der Waals surface area (Å²) in [6.45, 7) is 15.2. The van der Waals surface area contributed by atoms with E-state index in [0.717, 1.165) is 40.8 Å². The Labute approximate surface area is 165 Å². The van der Waals surface area contributed by atoms with Gasteiger partial charge in [0, 0.05) is 15.9 Å². The molecular weight excluding hydrogens is 347 g/mol. The maximum atomic E-state index is 15.2. The molecule has 0 bridgehead atoms. The fraction of sp³-hybridized carbons (Fsp3) is 0.440. The predicted molar refractivity (Wildman–Crippen MR) is 119 cm³/mol. The molecule has 2 aliphatic carbocycles. The molecule has 0 N–H and O–H groups in total. The third kappa shape index (κ3) is 3.59. The van der Waals surface area contributed by atoms with Crippen molar-refractivity contribution in [2.24, 2.45) is 5.92 Å². The van der Waals surface area contributed by atoms with Crippen LogP contribution in [0.5, 0.6) is 0 Å². The van der Waals surface area contributed by atoms with Gasteiger partial charge in [-0.1, -0.05) is 59.1 Å². The van der Waals surface area contributed by atoms with Crippen molar-refractivity contribution in [1.29, 1.82) is 0 Å². The molecule has 0 heterocycles. The number of hydrogen-bond acceptors (Lipinski definition) is 1. The summed E-state index contributed by atoms with van der Waals surface area (Å²) in [5, 5.41) is 3.18. The van der Waals surface area contributed by atoms with E-state index in [1.165, 1.54) is 27.9 Å². The molecule has 144 valence electrons. The first-order valence-corrected chi connectivity index (χ1v) is 11.8. The van der Waals surface area contributed by atoms with E-state index in [0.29, 0.717) is 5.92 Å². The molecule has 2 atom stereocenters. The minimum absolute atomic E-state index is 0.443. The summed E-state index contributed by atoms with van der Waals surface area (Å²) in [7, 11) is -2.90. The summed E-state index contributed by atoms with van der Waals surface area (Å²) in [5.41, 5.74) is 7.56. The van der Waals surface area contributed by atoms with Crippen molar-refractivity contribution >= 4 is 12.4 Å². The van der Waals surface area contributed by atoms with Crippen molar-refractivity contribution in [1.82, 2.24) is 0 Å². The molecule has 27 heavy (non-hydrogen) atoms. The Kier molecular flexibility index (Phi) is 5.55. The van der Waals surface area contributed by atoms with E-state index in [-0.39, 0.29) is 0 Å². The second-order valence-electron chi connectivity index (χ2n) is 8.72. The molecule has 0 spiro atoms. The van der Waals surface area contributed by atoms with Gasteiger partial charge in [0.05, 0.1) is 0 Å². The lowest BCUT2D eigenvalue weighted by Crippen LogP contribution is -2.17. The highest BCUT2D eigenvalue weighted by Crippen LogP contribution is 2.65. The van der Waals surface area contributed by atoms with Crippen LogP contribution in [0.25, 0.3) is 0 Å². The normalized spacial score (nSPS) is 23.1. The lowest BCUT2D eigenvalue weighted by molar-refractivity contribution is 0.586. The molecular formula is C25H33OP. The zero-order valence-corrected chi connectivity index (χ0v) is 18.8. The Balaban J connectivity index is 2.41. The molecule has 1 aromatic rings. The first-order valence-electron chi connectivity index (χ1n) is 10.1. The fourth-order valence-corrected chi connectivity index (χ4v) is 8.29. The van der Waals surface area contributed by atoms with Crippen molar-refractivity contribution in [2.45, 2.75) is 67.7 Å². The maximum absolute atomic E-state index is 15.2. The quantitative estimate of drug-likeness (QED) is 0.494. The average molecular weight is 381 g/mol. The van der Waals surface area contributed by atoms with Gasteiger partial charge >= 0.3 is 0 Å². The van der Waals surface area contributed by atoms with Gasteiger partial charge in [-0.2, -0.15) is 0 Å². The number of benzene rings is 1. The van der Waals surface area contributed by atoms with Gasteiger partial charge in [0.15, 0.2) is 7.14 Å². The molecule has 0 aliphatic heterocycles. The Morgan fingerprint density at radius 3 is 2.26 bits per heavy atom. The molecule has 1 nitrogen and oxygen atoms in total. The largest absolute Gasteiger partial charge is 0.309 e. The second-order valence-corrected chi connectivity index (χ2v) is 11.4. The highest BCUT2D eigenvalue weighted by Gasteiger charge is 2.38. The average Bonchev–Trinajstić information content (AvgIpc) is 2.61. The van der Waals surface area contributed by atoms with Crippen LogP contribution in [-0.2, 0) is 4.57 Å². The smallest absolute Gasteiger partial charge is 0.171 e. The lowest BCUT2D eigenvalue weighted by atomic mass is 9.90. The Morgan fingerprint density at radius 2 is 1.56 bits per heavy atom. The van der Waals surface area contributed by atoms with Gasteiger partial charge in [-0.05, 0) is 78.4 Å². The van der Waals surface area contributed by atoms with E-state index < -0.39 is 7.14 Å². The van der Waals surface area contributed by atoms with Gasteiger partial charge < -0.3 is 4.57 Å². The van der Waals surface area contributed by atoms with E-state index >= 15 is 4.57 Å². The lowest BCUT2D eigenvalue weighted by Gasteiger charge is -2.32. The Bertz CT molecular complexity index is 953. The third-order valence-electron chi connectivity index (χ3n) is 6.25. The zero-order chi connectivity index (χ0) is 19.9. The molecule has 2 unspecified atom stereocenters. The molecule has 0 amide bonds. The predicted octanol–water partition coefficient (Wildman–Crippen LogP) is 7.57. The van der Waals surface area contributed by atoms with Crippen LogP contribution in [-0.4, -0.2) is 0 Å². The first-order chi connectivity index (χ1) is 12.6. The monoisotopic (exact) mass is 380 g/mol. The van der Waals surface area contributed by atoms with Crippen LogP contribution in [0.15, 0.2) is 63.3 Å². The van der Waals surface area contributed by atoms with Crippen LogP contribution in [0.1, 0.15) is 65.0 Å². The molecule has 0 saturated carbocycles.